The second-order valence-electron chi connectivity index (χ2n) is 12.5. The minimum Gasteiger partial charge on any atom is -0.454 e. The van der Waals surface area contributed by atoms with Crippen LogP contribution in [0.3, 0.4) is 0 Å². The van der Waals surface area contributed by atoms with Crippen LogP contribution in [0.4, 0.5) is 0 Å². The van der Waals surface area contributed by atoms with Crippen LogP contribution in [0.2, 0.25) is 0 Å². The maximum Gasteiger partial charge on any atom is 0.236 e. The summed E-state index contributed by atoms with van der Waals surface area (Å²) >= 11 is 0. The molecule has 0 spiro atoms. The molecule has 2 aliphatic heterocycles. The highest BCUT2D eigenvalue weighted by Gasteiger charge is 2.43. The lowest BCUT2D eigenvalue weighted by Crippen LogP contribution is -2.44. The molecule has 2 aromatic rings. The molecule has 0 N–H and O–H groups in total. The molecule has 4 rings (SSSR count). The van der Waals surface area contributed by atoms with E-state index in [9.17, 15) is 9.59 Å². The summed E-state index contributed by atoms with van der Waals surface area (Å²) in [5, 5.41) is 0. The van der Waals surface area contributed by atoms with Gasteiger partial charge in [-0.05, 0) is 61.9 Å². The van der Waals surface area contributed by atoms with E-state index in [-0.39, 0.29) is 30.6 Å². The molecule has 1 amide bonds. The Morgan fingerprint density at radius 2 is 1.88 bits per heavy atom. The van der Waals surface area contributed by atoms with Gasteiger partial charge in [0.25, 0.3) is 0 Å². The van der Waals surface area contributed by atoms with Gasteiger partial charge in [-0.2, -0.15) is 0 Å². The summed E-state index contributed by atoms with van der Waals surface area (Å²) in [6, 6.07) is 10.2. The molecular formula is C32H49N4O4+. The molecular weight excluding hydrogens is 504 g/mol. The zero-order valence-electron chi connectivity index (χ0n) is 25.2. The van der Waals surface area contributed by atoms with Crippen molar-refractivity contribution in [2.24, 2.45) is 13.0 Å². The number of aryl methyl sites for hydroxylation is 2. The molecule has 0 radical (unpaired) electrons. The zero-order chi connectivity index (χ0) is 28.7. The van der Waals surface area contributed by atoms with Crippen molar-refractivity contribution in [3.63, 3.8) is 0 Å². The van der Waals surface area contributed by atoms with Gasteiger partial charge in [-0.3, -0.25) is 9.69 Å². The van der Waals surface area contributed by atoms with Crippen LogP contribution in [-0.2, 0) is 23.1 Å². The molecule has 8 nitrogen and oxygen atoms in total. The molecule has 1 aromatic carbocycles. The van der Waals surface area contributed by atoms with Gasteiger partial charge in [0.1, 0.15) is 6.29 Å². The number of benzene rings is 1. The lowest BCUT2D eigenvalue weighted by Gasteiger charge is -2.30. The van der Waals surface area contributed by atoms with Crippen LogP contribution in [0.25, 0.3) is 0 Å². The number of aldehydes is 1. The molecule has 0 bridgehead atoms. The number of unbranched alkanes of at least 4 members (excludes halogenated alkanes) is 2. The molecule has 0 aliphatic carbocycles. The van der Waals surface area contributed by atoms with Crippen LogP contribution in [0.1, 0.15) is 56.2 Å². The third-order valence-electron chi connectivity index (χ3n) is 8.52. The van der Waals surface area contributed by atoms with Gasteiger partial charge in [0.15, 0.2) is 11.5 Å². The summed E-state index contributed by atoms with van der Waals surface area (Å²) in [6.07, 6.45) is 9.05. The summed E-state index contributed by atoms with van der Waals surface area (Å²) in [6.45, 7) is 6.11. The monoisotopic (exact) mass is 553 g/mol. The lowest BCUT2D eigenvalue weighted by molar-refractivity contribution is -0.870. The fourth-order valence-corrected chi connectivity index (χ4v) is 6.16. The molecule has 1 aromatic heterocycles. The average Bonchev–Trinajstić information content (AvgIpc) is 3.64. The van der Waals surface area contributed by atoms with Crippen molar-refractivity contribution in [3.8, 4) is 11.5 Å². The van der Waals surface area contributed by atoms with Crippen molar-refractivity contribution in [1.82, 2.24) is 14.4 Å². The standard InChI is InChI=1S/C32H49N4O4/c1-6-7-17-34(18-8-9-19-36(3,4)5)32(38)22-35-21-27(25-12-15-30-31(20-25)40-24-39-30)28(23-37)29(35)14-13-26-11-10-16-33(26)2/h10-12,15-16,20,23,27-29H,6-9,13-14,17-19,21-22,24H2,1-5H3/q+1/t27-,28-,29+/m1/s1. The van der Waals surface area contributed by atoms with E-state index in [1.165, 1.54) is 5.69 Å². The van der Waals surface area contributed by atoms with E-state index in [1.807, 2.05) is 12.1 Å². The molecule has 220 valence electrons. The first-order chi connectivity index (χ1) is 19.2. The van der Waals surface area contributed by atoms with Crippen LogP contribution >= 0.6 is 0 Å². The number of nitrogens with zero attached hydrogens (tertiary/aromatic N) is 4. The first-order valence-corrected chi connectivity index (χ1v) is 15.0. The van der Waals surface area contributed by atoms with Gasteiger partial charge in [0.05, 0.1) is 34.2 Å². The third kappa shape index (κ3) is 7.67. The fraction of sp³-hybridized carbons (Fsp3) is 0.625. The SMILES string of the molecule is CCCCN(CCCC[N+](C)(C)C)C(=O)CN1C[C@H](c2ccc3c(c2)OCO3)[C@@H](C=O)[C@@H]1CCc1cccn1C. The van der Waals surface area contributed by atoms with Crippen molar-refractivity contribution in [1.29, 1.82) is 0 Å². The summed E-state index contributed by atoms with van der Waals surface area (Å²) in [7, 11) is 8.69. The number of likely N-dealkylation sites (tertiary alicyclic amines) is 1. The van der Waals surface area contributed by atoms with E-state index in [0.717, 1.165) is 86.0 Å². The van der Waals surface area contributed by atoms with Gasteiger partial charge in [-0.1, -0.05) is 19.4 Å². The van der Waals surface area contributed by atoms with Gasteiger partial charge < -0.3 is 28.2 Å². The number of aromatic nitrogens is 1. The van der Waals surface area contributed by atoms with E-state index in [1.54, 1.807) is 0 Å². The molecule has 3 atom stereocenters. The van der Waals surface area contributed by atoms with Crippen LogP contribution in [0, 0.1) is 5.92 Å². The number of carbonyl (C=O) groups is 2. The minimum atomic E-state index is -0.193. The van der Waals surface area contributed by atoms with Crippen LogP contribution in [0.5, 0.6) is 11.5 Å². The molecule has 2 aliphatic rings. The Balaban J connectivity index is 1.51. The van der Waals surface area contributed by atoms with E-state index in [4.69, 9.17) is 9.47 Å². The summed E-state index contributed by atoms with van der Waals surface area (Å²) in [4.78, 5) is 30.8. The van der Waals surface area contributed by atoms with E-state index in [0.29, 0.717) is 13.1 Å². The van der Waals surface area contributed by atoms with E-state index < -0.39 is 0 Å². The zero-order valence-corrected chi connectivity index (χ0v) is 25.2. The van der Waals surface area contributed by atoms with Crippen molar-refractivity contribution in [2.75, 3.05) is 60.7 Å². The van der Waals surface area contributed by atoms with Gasteiger partial charge in [-0.15, -0.1) is 0 Å². The van der Waals surface area contributed by atoms with Crippen LogP contribution in [0.15, 0.2) is 36.5 Å². The molecule has 1 fully saturated rings. The second kappa shape index (κ2) is 13.7. The Labute approximate surface area is 240 Å². The normalized spacial score (nSPS) is 20.7. The third-order valence-corrected chi connectivity index (χ3v) is 8.52. The Kier molecular flexibility index (Phi) is 10.3. The lowest BCUT2D eigenvalue weighted by atomic mass is 9.84. The number of amides is 1. The highest BCUT2D eigenvalue weighted by atomic mass is 16.7. The maximum absolute atomic E-state index is 13.8. The van der Waals surface area contributed by atoms with Crippen molar-refractivity contribution >= 4 is 12.2 Å². The first kappa shape index (κ1) is 30.1. The van der Waals surface area contributed by atoms with Crippen molar-refractivity contribution in [3.05, 3.63) is 47.8 Å². The van der Waals surface area contributed by atoms with Gasteiger partial charge in [0, 0.05) is 56.5 Å². The molecule has 0 unspecified atom stereocenters. The van der Waals surface area contributed by atoms with Crippen molar-refractivity contribution < 1.29 is 23.5 Å². The summed E-state index contributed by atoms with van der Waals surface area (Å²) in [5.74, 6) is 1.47. The number of quaternary nitrogens is 1. The first-order valence-electron chi connectivity index (χ1n) is 15.0. The smallest absolute Gasteiger partial charge is 0.236 e. The number of hydrogen-bond donors (Lipinski definition) is 0. The van der Waals surface area contributed by atoms with Crippen LogP contribution < -0.4 is 9.47 Å². The molecule has 8 heteroatoms. The van der Waals surface area contributed by atoms with Crippen LogP contribution in [-0.4, -0.2) is 97.7 Å². The molecule has 40 heavy (non-hydrogen) atoms. The van der Waals surface area contributed by atoms with Crippen molar-refractivity contribution in [2.45, 2.75) is 57.4 Å². The van der Waals surface area contributed by atoms with Gasteiger partial charge in [0.2, 0.25) is 12.7 Å². The molecule has 3 heterocycles. The van der Waals surface area contributed by atoms with E-state index in [2.05, 4.69) is 73.9 Å². The quantitative estimate of drug-likeness (QED) is 0.189. The molecule has 0 saturated carbocycles. The predicted molar refractivity (Wildman–Crippen MR) is 158 cm³/mol. The number of ether oxygens (including phenoxy) is 2. The Hall–Kier alpha value is -2.84. The summed E-state index contributed by atoms with van der Waals surface area (Å²) in [5.41, 5.74) is 2.31. The predicted octanol–water partition coefficient (Wildman–Crippen LogP) is 4.08. The topological polar surface area (TPSA) is 64.0 Å². The highest BCUT2D eigenvalue weighted by Crippen LogP contribution is 2.42. The van der Waals surface area contributed by atoms with E-state index >= 15 is 0 Å². The fourth-order valence-electron chi connectivity index (χ4n) is 6.16. The number of carbonyl (C=O) groups excluding carboxylic acids is 2. The Bertz CT molecular complexity index is 1120. The Morgan fingerprint density at radius 1 is 1.10 bits per heavy atom. The second-order valence-corrected chi connectivity index (χ2v) is 12.5. The largest absolute Gasteiger partial charge is 0.454 e. The highest BCUT2D eigenvalue weighted by molar-refractivity contribution is 5.78. The van der Waals surface area contributed by atoms with Gasteiger partial charge >= 0.3 is 0 Å². The maximum atomic E-state index is 13.8. The molecule has 1 saturated heterocycles. The average molecular weight is 554 g/mol. The van der Waals surface area contributed by atoms with Gasteiger partial charge in [-0.25, -0.2) is 0 Å². The number of hydrogen-bond acceptors (Lipinski definition) is 5. The number of fused-ring (bicyclic) bond motifs is 1. The Morgan fingerprint density at radius 3 is 2.58 bits per heavy atom. The number of rotatable bonds is 15. The summed E-state index contributed by atoms with van der Waals surface area (Å²) < 4.78 is 14.2. The minimum absolute atomic E-state index is 0.00186.